The van der Waals surface area contributed by atoms with E-state index in [1.807, 2.05) is 0 Å². The molecule has 1 heterocycles. The fourth-order valence-corrected chi connectivity index (χ4v) is 1.25. The smallest absolute Gasteiger partial charge is 0.368 e. The lowest BCUT2D eigenvalue weighted by molar-refractivity contribution is 0.0378. The van der Waals surface area contributed by atoms with Crippen LogP contribution in [0.2, 0.25) is 5.02 Å². The molecule has 8 heteroatoms. The Hall–Kier alpha value is -2.15. The number of hydrogen-bond acceptors (Lipinski definition) is 5. The highest BCUT2D eigenvalue weighted by Gasteiger charge is 2.17. The first-order chi connectivity index (χ1) is 8.08. The molecule has 0 atom stereocenters. The van der Waals surface area contributed by atoms with E-state index in [0.29, 0.717) is 0 Å². The molecule has 1 aromatic heterocycles. The number of benzene rings is 1. The van der Waals surface area contributed by atoms with Crippen LogP contribution in [0.15, 0.2) is 24.5 Å². The molecule has 0 aliphatic carbocycles. The number of nitrogens with zero attached hydrogens (tertiary/aromatic N) is 3. The second-order valence-electron chi connectivity index (χ2n) is 3.04. The van der Waals surface area contributed by atoms with Crippen LogP contribution in [0.3, 0.4) is 0 Å². The van der Waals surface area contributed by atoms with Crippen molar-refractivity contribution in [3.8, 4) is 0 Å². The number of nitrogens with two attached hydrogens (primary N) is 1. The molecule has 2 aromatic rings. The number of carbonyl (C=O) groups is 1. The number of aromatic nitrogens is 3. The number of hydrogen-bond donors (Lipinski definition) is 1. The van der Waals surface area contributed by atoms with Gasteiger partial charge in [0.1, 0.15) is 5.82 Å². The summed E-state index contributed by atoms with van der Waals surface area (Å²) in [5, 5.41) is 6.84. The van der Waals surface area contributed by atoms with Crippen LogP contribution in [-0.4, -0.2) is 21.1 Å². The third-order valence-electron chi connectivity index (χ3n) is 1.88. The van der Waals surface area contributed by atoms with Crippen LogP contribution in [0.4, 0.5) is 10.1 Å². The number of rotatable bonds is 2. The fraction of sp³-hybridized carbons (Fsp3) is 0. The Bertz CT molecular complexity index is 558. The highest BCUT2D eigenvalue weighted by molar-refractivity contribution is 6.33. The van der Waals surface area contributed by atoms with Crippen LogP contribution in [0, 0.1) is 5.82 Å². The minimum atomic E-state index is -0.948. The average Bonchev–Trinajstić information content (AvgIpc) is 2.76. The quantitative estimate of drug-likeness (QED) is 0.638. The van der Waals surface area contributed by atoms with Gasteiger partial charge >= 0.3 is 5.97 Å². The highest BCUT2D eigenvalue weighted by atomic mass is 35.5. The van der Waals surface area contributed by atoms with E-state index in [2.05, 4.69) is 15.1 Å². The van der Waals surface area contributed by atoms with Gasteiger partial charge in [-0.3, -0.25) is 0 Å². The van der Waals surface area contributed by atoms with Gasteiger partial charge in [0.2, 0.25) is 0 Å². The van der Waals surface area contributed by atoms with E-state index in [1.54, 1.807) is 0 Å². The van der Waals surface area contributed by atoms with Gasteiger partial charge in [-0.1, -0.05) is 16.4 Å². The largest absolute Gasteiger partial charge is 0.397 e. The van der Waals surface area contributed by atoms with Crippen molar-refractivity contribution >= 4 is 23.3 Å². The Kier molecular flexibility index (Phi) is 2.92. The zero-order chi connectivity index (χ0) is 12.4. The topological polar surface area (TPSA) is 83.0 Å². The van der Waals surface area contributed by atoms with Gasteiger partial charge < -0.3 is 10.6 Å². The number of halogens is 2. The Morgan fingerprint density at radius 2 is 2.29 bits per heavy atom. The van der Waals surface area contributed by atoms with E-state index < -0.39 is 11.8 Å². The number of anilines is 1. The third kappa shape index (κ3) is 2.34. The second kappa shape index (κ2) is 4.38. The molecule has 1 aromatic carbocycles. The molecule has 2 N–H and O–H groups in total. The van der Waals surface area contributed by atoms with Gasteiger partial charge in [0.05, 0.1) is 28.7 Å². The number of nitrogen functional groups attached to an aromatic ring is 1. The first-order valence-corrected chi connectivity index (χ1v) is 4.79. The molecular formula is C9H6ClFN4O2. The predicted molar refractivity (Wildman–Crippen MR) is 56.8 cm³/mol. The third-order valence-corrected chi connectivity index (χ3v) is 2.21. The van der Waals surface area contributed by atoms with Crippen molar-refractivity contribution in [2.45, 2.75) is 0 Å². The highest BCUT2D eigenvalue weighted by Crippen LogP contribution is 2.22. The van der Waals surface area contributed by atoms with E-state index in [4.69, 9.17) is 17.3 Å². The predicted octanol–water partition coefficient (Wildman–Crippen LogP) is 0.922. The zero-order valence-corrected chi connectivity index (χ0v) is 9.06. The monoisotopic (exact) mass is 256 g/mol. The minimum absolute atomic E-state index is 0.0276. The van der Waals surface area contributed by atoms with Crippen molar-refractivity contribution in [2.24, 2.45) is 0 Å². The van der Waals surface area contributed by atoms with Crippen molar-refractivity contribution in [1.29, 1.82) is 0 Å². The molecule has 0 radical (unpaired) electrons. The Morgan fingerprint density at radius 3 is 2.94 bits per heavy atom. The molecule has 88 valence electrons. The maximum absolute atomic E-state index is 13.4. The minimum Gasteiger partial charge on any atom is -0.397 e. The van der Waals surface area contributed by atoms with Gasteiger partial charge in [-0.25, -0.2) is 9.18 Å². The van der Waals surface area contributed by atoms with Gasteiger partial charge in [0, 0.05) is 0 Å². The lowest BCUT2D eigenvalue weighted by atomic mass is 10.2. The van der Waals surface area contributed by atoms with Gasteiger partial charge in [0.15, 0.2) is 0 Å². The van der Waals surface area contributed by atoms with E-state index in [1.165, 1.54) is 12.4 Å². The Balaban J connectivity index is 2.28. The molecule has 0 saturated carbocycles. The molecule has 0 amide bonds. The van der Waals surface area contributed by atoms with E-state index in [-0.39, 0.29) is 16.3 Å². The SMILES string of the molecule is Nc1cc(C(=O)On2ccnn2)c(F)cc1Cl. The van der Waals surface area contributed by atoms with E-state index in [0.717, 1.165) is 17.0 Å². The van der Waals surface area contributed by atoms with Crippen molar-refractivity contribution in [3.05, 3.63) is 40.9 Å². The lowest BCUT2D eigenvalue weighted by Crippen LogP contribution is -2.21. The first kappa shape index (κ1) is 11.3. The molecule has 6 nitrogen and oxygen atoms in total. The summed E-state index contributed by atoms with van der Waals surface area (Å²) in [6.45, 7) is 0. The maximum atomic E-state index is 13.4. The Labute approximate surface area is 99.7 Å². The van der Waals surface area contributed by atoms with Crippen LogP contribution in [0.1, 0.15) is 10.4 Å². The average molecular weight is 257 g/mol. The summed E-state index contributed by atoms with van der Waals surface area (Å²) >= 11 is 5.59. The summed E-state index contributed by atoms with van der Waals surface area (Å²) in [7, 11) is 0. The summed E-state index contributed by atoms with van der Waals surface area (Å²) in [5.41, 5.74) is 5.21. The lowest BCUT2D eigenvalue weighted by Gasteiger charge is -2.05. The van der Waals surface area contributed by atoms with Crippen LogP contribution in [0.5, 0.6) is 0 Å². The molecule has 0 fully saturated rings. The van der Waals surface area contributed by atoms with E-state index in [9.17, 15) is 9.18 Å². The van der Waals surface area contributed by atoms with Crippen molar-refractivity contribution < 1.29 is 14.0 Å². The zero-order valence-electron chi connectivity index (χ0n) is 8.30. The Morgan fingerprint density at radius 1 is 1.53 bits per heavy atom. The standard InChI is InChI=1S/C9H6ClFN4O2/c10-6-4-7(11)5(3-8(6)12)9(16)17-15-2-1-13-14-15/h1-4H,12H2. The number of carbonyl (C=O) groups excluding carboxylic acids is 1. The van der Waals surface area contributed by atoms with Gasteiger partial charge in [-0.05, 0) is 17.3 Å². The summed E-state index contributed by atoms with van der Waals surface area (Å²) in [6.07, 6.45) is 2.59. The van der Waals surface area contributed by atoms with Crippen LogP contribution >= 0.6 is 11.6 Å². The van der Waals surface area contributed by atoms with Crippen molar-refractivity contribution in [1.82, 2.24) is 15.2 Å². The van der Waals surface area contributed by atoms with E-state index >= 15 is 0 Å². The maximum Gasteiger partial charge on any atom is 0.368 e. The molecule has 0 aliphatic rings. The van der Waals surface area contributed by atoms with Gasteiger partial charge in [-0.2, -0.15) is 0 Å². The molecule has 0 bridgehead atoms. The van der Waals surface area contributed by atoms with Crippen LogP contribution in [-0.2, 0) is 0 Å². The summed E-state index contributed by atoms with van der Waals surface area (Å²) in [5.74, 6) is -1.77. The summed E-state index contributed by atoms with van der Waals surface area (Å²) < 4.78 is 13.4. The van der Waals surface area contributed by atoms with Crippen molar-refractivity contribution in [3.63, 3.8) is 0 Å². The molecule has 2 rings (SSSR count). The van der Waals surface area contributed by atoms with Crippen LogP contribution in [0.25, 0.3) is 0 Å². The molecule has 0 unspecified atom stereocenters. The molecule has 0 spiro atoms. The van der Waals surface area contributed by atoms with Crippen molar-refractivity contribution in [2.75, 3.05) is 5.73 Å². The second-order valence-corrected chi connectivity index (χ2v) is 3.45. The van der Waals surface area contributed by atoms with Gasteiger partial charge in [0.25, 0.3) is 0 Å². The molecule has 17 heavy (non-hydrogen) atoms. The normalized spacial score (nSPS) is 10.2. The molecule has 0 aliphatic heterocycles. The fourth-order valence-electron chi connectivity index (χ4n) is 1.10. The van der Waals surface area contributed by atoms with Gasteiger partial charge in [-0.15, -0.1) is 5.10 Å². The van der Waals surface area contributed by atoms with Crippen LogP contribution < -0.4 is 10.6 Å². The first-order valence-electron chi connectivity index (χ1n) is 4.41. The summed E-state index contributed by atoms with van der Waals surface area (Å²) in [4.78, 5) is 17.0. The summed E-state index contributed by atoms with van der Waals surface area (Å²) in [6, 6.07) is 2.03. The molecule has 0 saturated heterocycles. The molecular weight excluding hydrogens is 251 g/mol.